The van der Waals surface area contributed by atoms with Gasteiger partial charge in [-0.25, -0.2) is 0 Å². The molecule has 0 unspecified atom stereocenters. The molecule has 1 atom stereocenters. The molecule has 198 valence electrons. The first-order valence-electron chi connectivity index (χ1n) is 12.1. The zero-order valence-corrected chi connectivity index (χ0v) is 22.2. The van der Waals surface area contributed by atoms with Gasteiger partial charge in [-0.15, -0.1) is 12.4 Å². The minimum Gasteiger partial charge on any atom is -0.506 e. The van der Waals surface area contributed by atoms with Gasteiger partial charge in [-0.05, 0) is 24.5 Å². The smallest absolute Gasteiger partial charge is 0.305 e. The standard InChI is InChI=1S/C26H35N3O5S.ClH/c1-2-3-14-29(23(32)12-17-34-16-11-19-7-5-4-6-8-19)15-13-27-18-22(31)20-9-10-21(30)24-25(20)35-26(33)28-24;/h4-10,22,27,30-31H,2-3,11-18H2,1H3,(H,28,33);1H/t22-;/m1./s1. The fraction of sp³-hybridized carbons (Fsp3) is 0.462. The van der Waals surface area contributed by atoms with E-state index in [1.807, 2.05) is 23.1 Å². The van der Waals surface area contributed by atoms with Crippen LogP contribution in [-0.4, -0.2) is 65.4 Å². The summed E-state index contributed by atoms with van der Waals surface area (Å²) in [5.74, 6) is 0.0502. The third-order valence-electron chi connectivity index (χ3n) is 5.82. The number of aliphatic hydroxyl groups is 1. The van der Waals surface area contributed by atoms with Crippen LogP contribution in [-0.2, 0) is 16.0 Å². The molecule has 3 aromatic rings. The number of rotatable bonds is 15. The summed E-state index contributed by atoms with van der Waals surface area (Å²) in [6.45, 7) is 5.12. The first-order valence-corrected chi connectivity index (χ1v) is 12.9. The lowest BCUT2D eigenvalue weighted by Crippen LogP contribution is -2.38. The van der Waals surface area contributed by atoms with Gasteiger partial charge in [0.1, 0.15) is 11.3 Å². The minimum atomic E-state index is -0.845. The van der Waals surface area contributed by atoms with Crippen molar-refractivity contribution < 1.29 is 19.7 Å². The van der Waals surface area contributed by atoms with Crippen molar-refractivity contribution in [1.82, 2.24) is 15.2 Å². The van der Waals surface area contributed by atoms with Crippen LogP contribution in [0.25, 0.3) is 10.2 Å². The Hall–Kier alpha value is -2.43. The number of nitrogens with zero attached hydrogens (tertiary/aromatic N) is 1. The van der Waals surface area contributed by atoms with Crippen LogP contribution in [0.5, 0.6) is 5.75 Å². The number of aromatic nitrogens is 1. The third kappa shape index (κ3) is 8.90. The molecule has 10 heteroatoms. The van der Waals surface area contributed by atoms with Crippen molar-refractivity contribution in [3.05, 3.63) is 63.3 Å². The summed E-state index contributed by atoms with van der Waals surface area (Å²) >= 11 is 0.964. The van der Waals surface area contributed by atoms with Gasteiger partial charge in [-0.3, -0.25) is 9.59 Å². The molecule has 3 rings (SSSR count). The molecule has 2 aromatic carbocycles. The van der Waals surface area contributed by atoms with Gasteiger partial charge >= 0.3 is 4.87 Å². The highest BCUT2D eigenvalue weighted by Crippen LogP contribution is 2.31. The number of halogens is 1. The number of thiazole rings is 1. The van der Waals surface area contributed by atoms with Gasteiger partial charge in [-0.2, -0.15) is 0 Å². The molecule has 0 radical (unpaired) electrons. The van der Waals surface area contributed by atoms with Crippen molar-refractivity contribution in [1.29, 1.82) is 0 Å². The fourth-order valence-electron chi connectivity index (χ4n) is 3.83. The van der Waals surface area contributed by atoms with Crippen molar-refractivity contribution in [2.45, 2.75) is 38.7 Å². The summed E-state index contributed by atoms with van der Waals surface area (Å²) < 4.78 is 6.23. The molecule has 0 aliphatic rings. The monoisotopic (exact) mass is 537 g/mol. The third-order valence-corrected chi connectivity index (χ3v) is 6.75. The molecule has 1 amide bonds. The number of benzene rings is 2. The Bertz CT molecular complexity index is 1120. The van der Waals surface area contributed by atoms with Gasteiger partial charge in [0, 0.05) is 31.7 Å². The van der Waals surface area contributed by atoms with E-state index in [1.54, 1.807) is 6.07 Å². The Labute approximate surface area is 221 Å². The van der Waals surface area contributed by atoms with Gasteiger partial charge < -0.3 is 30.2 Å². The highest BCUT2D eigenvalue weighted by atomic mass is 35.5. The van der Waals surface area contributed by atoms with Crippen LogP contribution in [0.1, 0.15) is 43.4 Å². The molecule has 36 heavy (non-hydrogen) atoms. The number of ether oxygens (including phenoxy) is 1. The number of H-pyrrole nitrogens is 1. The van der Waals surface area contributed by atoms with Crippen molar-refractivity contribution in [2.75, 3.05) is 39.4 Å². The highest BCUT2D eigenvalue weighted by molar-refractivity contribution is 7.16. The minimum absolute atomic E-state index is 0. The molecule has 0 spiro atoms. The normalized spacial score (nSPS) is 11.8. The van der Waals surface area contributed by atoms with Gasteiger partial charge in [0.05, 0.1) is 30.4 Å². The van der Waals surface area contributed by atoms with Crippen LogP contribution >= 0.6 is 23.7 Å². The molecule has 0 bridgehead atoms. The first kappa shape index (κ1) is 29.8. The summed E-state index contributed by atoms with van der Waals surface area (Å²) in [7, 11) is 0. The number of aromatic amines is 1. The van der Waals surface area contributed by atoms with Gasteiger partial charge in [-0.1, -0.05) is 61.1 Å². The van der Waals surface area contributed by atoms with Gasteiger partial charge in [0.25, 0.3) is 0 Å². The highest BCUT2D eigenvalue weighted by Gasteiger charge is 2.17. The number of carbonyl (C=O) groups excluding carboxylic acids is 1. The Morgan fingerprint density at radius 2 is 1.94 bits per heavy atom. The number of aliphatic hydroxyl groups excluding tert-OH is 1. The molecule has 1 aromatic heterocycles. The molecule has 0 aliphatic heterocycles. The summed E-state index contributed by atoms with van der Waals surface area (Å²) in [6, 6.07) is 13.2. The van der Waals surface area contributed by atoms with E-state index in [9.17, 15) is 19.8 Å². The molecule has 0 aliphatic carbocycles. The fourth-order valence-corrected chi connectivity index (χ4v) is 4.75. The molecular formula is C26H36ClN3O5S. The van der Waals surface area contributed by atoms with E-state index in [0.717, 1.165) is 30.6 Å². The van der Waals surface area contributed by atoms with Crippen molar-refractivity contribution >= 4 is 39.9 Å². The molecule has 1 heterocycles. The number of phenolic OH excluding ortho intramolecular Hbond substituents is 1. The van der Waals surface area contributed by atoms with Crippen LogP contribution in [0, 0.1) is 0 Å². The van der Waals surface area contributed by atoms with Crippen LogP contribution in [0.15, 0.2) is 47.3 Å². The number of phenols is 1. The number of nitrogens with one attached hydrogen (secondary N) is 2. The second-order valence-electron chi connectivity index (χ2n) is 8.44. The molecule has 0 fully saturated rings. The van der Waals surface area contributed by atoms with Crippen LogP contribution in [0.2, 0.25) is 0 Å². The maximum atomic E-state index is 12.7. The summed E-state index contributed by atoms with van der Waals surface area (Å²) in [5.41, 5.74) is 2.15. The SMILES string of the molecule is CCCCN(CCNC[C@@H](O)c1ccc(O)c2[nH]c(=O)sc12)C(=O)CCOCCc1ccccc1.Cl. The number of unbranched alkanes of at least 4 members (excludes halogenated alkanes) is 1. The second-order valence-corrected chi connectivity index (χ2v) is 9.43. The van der Waals surface area contributed by atoms with E-state index in [-0.39, 0.29) is 35.5 Å². The first-order chi connectivity index (χ1) is 17.0. The van der Waals surface area contributed by atoms with E-state index in [0.29, 0.717) is 55.0 Å². The second kappa shape index (κ2) is 15.6. The summed E-state index contributed by atoms with van der Waals surface area (Å²) in [5, 5.41) is 23.8. The predicted molar refractivity (Wildman–Crippen MR) is 146 cm³/mol. The molecule has 4 N–H and O–H groups in total. The molecule has 8 nitrogen and oxygen atoms in total. The van der Waals surface area contributed by atoms with Crippen molar-refractivity contribution in [3.8, 4) is 5.75 Å². The predicted octanol–water partition coefficient (Wildman–Crippen LogP) is 3.62. The zero-order chi connectivity index (χ0) is 25.0. The van der Waals surface area contributed by atoms with Crippen LogP contribution < -0.4 is 10.2 Å². The molecule has 0 saturated carbocycles. The Morgan fingerprint density at radius 1 is 1.17 bits per heavy atom. The van der Waals surface area contributed by atoms with E-state index < -0.39 is 6.10 Å². The lowest BCUT2D eigenvalue weighted by Gasteiger charge is -2.23. The number of hydrogen-bond acceptors (Lipinski definition) is 7. The van der Waals surface area contributed by atoms with Crippen molar-refractivity contribution in [2.24, 2.45) is 0 Å². The van der Waals surface area contributed by atoms with Crippen molar-refractivity contribution in [3.63, 3.8) is 0 Å². The lowest BCUT2D eigenvalue weighted by atomic mass is 10.1. The molecule has 0 saturated heterocycles. The Balaban J connectivity index is 0.00000456. The summed E-state index contributed by atoms with van der Waals surface area (Å²) in [4.78, 5) is 28.6. The quantitative estimate of drug-likeness (QED) is 0.220. The number of hydrogen-bond donors (Lipinski definition) is 4. The number of amides is 1. The van der Waals surface area contributed by atoms with E-state index >= 15 is 0 Å². The van der Waals surface area contributed by atoms with Gasteiger partial charge in [0.15, 0.2) is 0 Å². The maximum absolute atomic E-state index is 12.7. The maximum Gasteiger partial charge on any atom is 0.305 e. The van der Waals surface area contributed by atoms with Gasteiger partial charge in [0.2, 0.25) is 5.91 Å². The Morgan fingerprint density at radius 3 is 2.69 bits per heavy atom. The average molecular weight is 538 g/mol. The van der Waals surface area contributed by atoms with E-state index in [1.165, 1.54) is 11.6 Å². The Kier molecular flexibility index (Phi) is 12.9. The van der Waals surface area contributed by atoms with E-state index in [2.05, 4.69) is 29.4 Å². The molecular weight excluding hydrogens is 502 g/mol. The number of aromatic hydroxyl groups is 1. The van der Waals surface area contributed by atoms with E-state index in [4.69, 9.17) is 4.74 Å². The zero-order valence-electron chi connectivity index (χ0n) is 20.6. The average Bonchev–Trinajstić information content (AvgIpc) is 3.26. The topological polar surface area (TPSA) is 115 Å². The summed E-state index contributed by atoms with van der Waals surface area (Å²) in [6.07, 6.45) is 2.26. The number of fused-ring (bicyclic) bond motifs is 1. The van der Waals surface area contributed by atoms with Crippen LogP contribution in [0.3, 0.4) is 0 Å². The lowest BCUT2D eigenvalue weighted by molar-refractivity contribution is -0.132. The van der Waals surface area contributed by atoms with Crippen LogP contribution in [0.4, 0.5) is 0 Å². The largest absolute Gasteiger partial charge is 0.506 e. The number of carbonyl (C=O) groups is 1.